The molecule has 2 unspecified atom stereocenters. The number of carbonyl (C=O) groups is 3. The summed E-state index contributed by atoms with van der Waals surface area (Å²) in [6, 6.07) is 29.1. The molecule has 0 spiro atoms. The normalized spacial score (nSPS) is 23.6. The van der Waals surface area contributed by atoms with Gasteiger partial charge in [0.2, 0.25) is 0 Å². The summed E-state index contributed by atoms with van der Waals surface area (Å²) in [4.78, 5) is 78.3. The molecule has 42 heteroatoms. The molecule has 640 valence electrons. The van der Waals surface area contributed by atoms with Crippen molar-refractivity contribution in [3.63, 3.8) is 0 Å². The van der Waals surface area contributed by atoms with Crippen LogP contribution in [0.25, 0.3) is 0 Å². The molecule has 0 bridgehead atoms. The molecule has 5 aliphatic heterocycles. The molecular formula is C76H78F18N12O12. The number of carbonyl (C=O) groups excluding carboxylic acids is 3. The number of hydrogen-bond donors (Lipinski definition) is 5. The number of rotatable bonds is 22. The Bertz CT molecular complexity index is 4320. The van der Waals surface area contributed by atoms with Gasteiger partial charge in [0.1, 0.15) is 25.7 Å². The molecule has 2 saturated heterocycles. The Morgan fingerprint density at radius 2 is 0.788 bits per heavy atom. The first-order valence-electron chi connectivity index (χ1n) is 36.3. The lowest BCUT2D eigenvalue weighted by atomic mass is 9.66. The number of aliphatic imine (C=N–C) groups is 3. The zero-order valence-corrected chi connectivity index (χ0v) is 62.6. The molecule has 3 fully saturated rings. The third-order valence-corrected chi connectivity index (χ3v) is 21.2. The highest BCUT2D eigenvalue weighted by Crippen LogP contribution is 2.48. The first-order chi connectivity index (χ1) is 55.3. The molecule has 3 amide bonds. The summed E-state index contributed by atoms with van der Waals surface area (Å²) in [6.07, 6.45) is -32.6. The van der Waals surface area contributed by atoms with Gasteiger partial charge in [-0.15, -0.1) is 15.1 Å². The van der Waals surface area contributed by atoms with Gasteiger partial charge in [-0.05, 0) is 154 Å². The summed E-state index contributed by atoms with van der Waals surface area (Å²) < 4.78 is 258. The van der Waals surface area contributed by atoms with Crippen molar-refractivity contribution in [2.24, 2.45) is 32.3 Å². The second-order valence-electron chi connectivity index (χ2n) is 28.7. The van der Waals surface area contributed by atoms with E-state index in [9.17, 15) is 104 Å². The van der Waals surface area contributed by atoms with Crippen LogP contribution in [0.15, 0.2) is 161 Å². The number of guanidine groups is 2. The quantitative estimate of drug-likeness (QED) is 0.0182. The number of nitrogens with zero attached hydrogens (tertiary/aromatic N) is 7. The molecule has 0 radical (unpaired) electrons. The van der Waals surface area contributed by atoms with Crippen molar-refractivity contribution in [1.82, 2.24) is 25.3 Å². The van der Waals surface area contributed by atoms with E-state index in [0.29, 0.717) is 80.7 Å². The summed E-state index contributed by atoms with van der Waals surface area (Å²) >= 11 is 0. The van der Waals surface area contributed by atoms with Gasteiger partial charge in [0.05, 0.1) is 94.7 Å². The molecule has 0 aromatic heterocycles. The van der Waals surface area contributed by atoms with Crippen molar-refractivity contribution >= 4 is 35.7 Å². The van der Waals surface area contributed by atoms with E-state index < -0.39 is 141 Å². The lowest BCUT2D eigenvalue weighted by Gasteiger charge is -2.47. The van der Waals surface area contributed by atoms with Crippen molar-refractivity contribution < 1.29 is 132 Å². The summed E-state index contributed by atoms with van der Waals surface area (Å²) in [5.41, 5.74) is 1.58. The topological polar surface area (TPSA) is 308 Å². The van der Waals surface area contributed by atoms with E-state index in [1.807, 2.05) is 60.7 Å². The van der Waals surface area contributed by atoms with E-state index in [0.717, 1.165) is 16.0 Å². The van der Waals surface area contributed by atoms with Gasteiger partial charge in [-0.3, -0.25) is 34.0 Å². The summed E-state index contributed by atoms with van der Waals surface area (Å²) in [5, 5.41) is 21.6. The lowest BCUT2D eigenvalue weighted by molar-refractivity contribution is -0.772. The molecule has 8 N–H and O–H groups in total. The third-order valence-electron chi connectivity index (χ3n) is 21.2. The van der Waals surface area contributed by atoms with Crippen LogP contribution in [0.2, 0.25) is 0 Å². The number of halogens is 18. The Balaban J connectivity index is 0.000000187. The SMILES string of the molecule is C[C@@H](OC[C@@]1(c2ccccc2)CCC(N2C(=O)CN=C2OOON)CC1O[N+](=O)[O-])c1cc(C(F)(F)F)cc(C(F)(F)F)c1.C[C@@H](OC[C@@]1(c2ccccc2)CC[C@@H](N2C(=O)CN=C2N)CN1)c1cc(C(F)(F)F)cc(C(F)(F)F)c1.C[C@@H](OC[C@@]1(c2ccccc2)CC[C@H](N2C(=O)CN=C2N)CN1)c1cc(C(F)(F)F)cc(C(F)(F)F)c1. The number of amidine groups is 1. The highest BCUT2D eigenvalue weighted by molar-refractivity contribution is 6.03. The zero-order valence-electron chi connectivity index (χ0n) is 62.6. The monoisotopic (exact) mass is 1690 g/mol. The molecular weight excluding hydrogens is 1610 g/mol. The summed E-state index contributed by atoms with van der Waals surface area (Å²) in [6.45, 7) is 3.99. The first kappa shape index (κ1) is 90.1. The van der Waals surface area contributed by atoms with Crippen molar-refractivity contribution in [2.75, 3.05) is 52.5 Å². The van der Waals surface area contributed by atoms with E-state index in [-0.39, 0.29) is 123 Å². The Hall–Kier alpha value is -10.2. The molecule has 10 atom stereocenters. The highest BCUT2D eigenvalue weighted by atomic mass is 19.4. The van der Waals surface area contributed by atoms with E-state index in [2.05, 4.69) is 35.6 Å². The van der Waals surface area contributed by atoms with Gasteiger partial charge in [0.25, 0.3) is 22.8 Å². The summed E-state index contributed by atoms with van der Waals surface area (Å²) in [7, 11) is 0. The van der Waals surface area contributed by atoms with E-state index in [4.69, 9.17) is 41.3 Å². The van der Waals surface area contributed by atoms with E-state index in [1.165, 1.54) is 30.6 Å². The molecule has 6 aromatic rings. The van der Waals surface area contributed by atoms with Gasteiger partial charge in [-0.1, -0.05) is 91.0 Å². The molecule has 6 aliphatic rings. The standard InChI is InChI=1S/C26H26F6N4O8.2C25H26F6N4O2/c1-15(16-9-18(25(27,28)29)11-19(10-16)26(30,31)32)40-14-24(17-5-3-2-4-6-17)8-7-20(12-21(24)41-36(38)39)35-22(37)13-34-23(35)42-44-43-33;2*1-15(16-9-18(24(26,27)28)11-19(10-16)25(29,30)31)37-14-23(17-5-3-2-4-6-17)8-7-20(12-34-23)35-21(36)13-33-22(35)32/h2-6,9-11,15,20-21H,7-8,12-14,33H2,1H3;2*2-6,9-11,15,20,34H,7-8,12-14H2,1H3,(H2,32,33)/t15-,20?,21?,24-;15-,20+,23-;15-,20-,23-/m111/s1. The molecule has 1 saturated carbocycles. The predicted octanol–water partition coefficient (Wildman–Crippen LogP) is 14.0. The zero-order chi connectivity index (χ0) is 86.3. The molecule has 12 rings (SSSR count). The van der Waals surface area contributed by atoms with Crippen LogP contribution in [0.4, 0.5) is 79.0 Å². The van der Waals surface area contributed by atoms with Crippen LogP contribution >= 0.6 is 0 Å². The van der Waals surface area contributed by atoms with Crippen molar-refractivity contribution in [2.45, 2.75) is 162 Å². The third kappa shape index (κ3) is 21.4. The Labute approximate surface area is 660 Å². The van der Waals surface area contributed by atoms with Gasteiger partial charge < -0.3 is 41.1 Å². The average molecular weight is 1690 g/mol. The molecule has 1 aliphatic carbocycles. The largest absolute Gasteiger partial charge is 0.416 e. The fraction of sp³-hybridized carbons (Fsp3) is 0.447. The minimum absolute atomic E-state index is 0.00946. The maximum atomic E-state index is 13.5. The number of ether oxygens (including phenoxy) is 3. The van der Waals surface area contributed by atoms with Crippen molar-refractivity contribution in [1.29, 1.82) is 0 Å². The Morgan fingerprint density at radius 3 is 1.09 bits per heavy atom. The summed E-state index contributed by atoms with van der Waals surface area (Å²) in [5.74, 6) is 4.15. The van der Waals surface area contributed by atoms with Gasteiger partial charge in [-0.25, -0.2) is 15.0 Å². The van der Waals surface area contributed by atoms with Crippen LogP contribution in [-0.4, -0.2) is 132 Å². The minimum atomic E-state index is -5.07. The van der Waals surface area contributed by atoms with Gasteiger partial charge in [0.15, 0.2) is 11.9 Å². The first-order valence-corrected chi connectivity index (χ1v) is 36.3. The van der Waals surface area contributed by atoms with Crippen molar-refractivity contribution in [3.8, 4) is 0 Å². The van der Waals surface area contributed by atoms with Crippen LogP contribution in [0.3, 0.4) is 0 Å². The second-order valence-corrected chi connectivity index (χ2v) is 28.7. The molecule has 6 aromatic carbocycles. The van der Waals surface area contributed by atoms with Crippen LogP contribution in [0.5, 0.6) is 0 Å². The van der Waals surface area contributed by atoms with Gasteiger partial charge in [0, 0.05) is 29.6 Å². The molecule has 5 heterocycles. The average Bonchev–Trinajstić information content (AvgIpc) is 1.09. The second kappa shape index (κ2) is 36.1. The lowest BCUT2D eigenvalue weighted by Crippen LogP contribution is -2.59. The Morgan fingerprint density at radius 1 is 0.466 bits per heavy atom. The number of amides is 3. The van der Waals surface area contributed by atoms with E-state index >= 15 is 0 Å². The van der Waals surface area contributed by atoms with Crippen LogP contribution < -0.4 is 28.0 Å². The fourth-order valence-corrected chi connectivity index (χ4v) is 14.9. The van der Waals surface area contributed by atoms with Gasteiger partial charge >= 0.3 is 43.1 Å². The fourth-order valence-electron chi connectivity index (χ4n) is 14.9. The van der Waals surface area contributed by atoms with Crippen LogP contribution in [-0.2, 0) is 102 Å². The Kier molecular flexibility index (Phi) is 27.6. The number of nitrogens with two attached hydrogens (primary N) is 3. The van der Waals surface area contributed by atoms with Crippen LogP contribution in [0, 0.1) is 10.1 Å². The molecule has 118 heavy (non-hydrogen) atoms. The maximum Gasteiger partial charge on any atom is 0.416 e. The number of hydrogen-bond acceptors (Lipinski definition) is 20. The van der Waals surface area contributed by atoms with Crippen LogP contribution in [0.1, 0.15) is 151 Å². The number of alkyl halides is 18. The van der Waals surface area contributed by atoms with Crippen molar-refractivity contribution in [3.05, 3.63) is 222 Å². The highest BCUT2D eigenvalue weighted by Gasteiger charge is 2.53. The minimum Gasteiger partial charge on any atom is -0.373 e. The van der Waals surface area contributed by atoms with Gasteiger partial charge in [-0.2, -0.15) is 84.9 Å². The number of piperidine rings is 2. The smallest absolute Gasteiger partial charge is 0.373 e. The van der Waals surface area contributed by atoms with E-state index in [1.54, 1.807) is 30.3 Å². The number of benzene rings is 6. The molecule has 24 nitrogen and oxygen atoms in total. The number of nitrogens with one attached hydrogen (secondary N) is 2. The predicted molar refractivity (Wildman–Crippen MR) is 382 cm³/mol. The maximum absolute atomic E-state index is 13.5.